The smallest absolute Gasteiger partial charge is 0.411 e. The van der Waals surface area contributed by atoms with Crippen molar-refractivity contribution in [3.05, 3.63) is 83.4 Å². The first kappa shape index (κ1) is 22.8. The van der Waals surface area contributed by atoms with Gasteiger partial charge in [-0.2, -0.15) is 0 Å². The zero-order valence-electron chi connectivity index (χ0n) is 18.8. The first-order valence-electron chi connectivity index (χ1n) is 10.7. The Morgan fingerprint density at radius 3 is 2.15 bits per heavy atom. The van der Waals surface area contributed by atoms with Crippen molar-refractivity contribution in [2.45, 2.75) is 5.92 Å². The van der Waals surface area contributed by atoms with Gasteiger partial charge in [-0.1, -0.05) is 48.5 Å². The van der Waals surface area contributed by atoms with Gasteiger partial charge in [0, 0.05) is 20.0 Å². The van der Waals surface area contributed by atoms with E-state index >= 15 is 0 Å². The molecular formula is C26H24N2O6. The number of hydrogen-bond acceptors (Lipinski definition) is 5. The number of fused-ring (bicyclic) bond motifs is 3. The summed E-state index contributed by atoms with van der Waals surface area (Å²) in [7, 11) is 3.16. The first-order chi connectivity index (χ1) is 16.3. The molecule has 0 bridgehead atoms. The minimum absolute atomic E-state index is 0.0367. The molecule has 0 heterocycles. The molecule has 3 aromatic carbocycles. The van der Waals surface area contributed by atoms with E-state index in [1.807, 2.05) is 36.4 Å². The average molecular weight is 460 g/mol. The maximum Gasteiger partial charge on any atom is 0.411 e. The maximum absolute atomic E-state index is 12.6. The lowest BCUT2D eigenvalue weighted by molar-refractivity contribution is -0.130. The summed E-state index contributed by atoms with van der Waals surface area (Å²) in [6.45, 7) is -0.183. The van der Waals surface area contributed by atoms with E-state index in [9.17, 15) is 19.5 Å². The molecule has 2 amide bonds. The van der Waals surface area contributed by atoms with Crippen LogP contribution in [-0.2, 0) is 9.53 Å². The molecule has 8 nitrogen and oxygen atoms in total. The molecular weight excluding hydrogens is 436 g/mol. The summed E-state index contributed by atoms with van der Waals surface area (Å²) >= 11 is 0. The second-order valence-corrected chi connectivity index (χ2v) is 8.04. The van der Waals surface area contributed by atoms with Crippen LogP contribution >= 0.6 is 0 Å². The number of anilines is 1. The molecule has 0 saturated carbocycles. The van der Waals surface area contributed by atoms with Crippen LogP contribution in [0.2, 0.25) is 0 Å². The van der Waals surface area contributed by atoms with E-state index in [0.717, 1.165) is 22.3 Å². The fraction of sp³-hybridized carbons (Fsp3) is 0.192. The molecule has 0 aliphatic heterocycles. The fourth-order valence-electron chi connectivity index (χ4n) is 3.89. The van der Waals surface area contributed by atoms with E-state index in [-0.39, 0.29) is 42.0 Å². The molecule has 0 spiro atoms. The second kappa shape index (κ2) is 9.66. The molecule has 3 aromatic rings. The Morgan fingerprint density at radius 2 is 1.56 bits per heavy atom. The number of ether oxygens (including phenoxy) is 2. The van der Waals surface area contributed by atoms with Gasteiger partial charge in [0.05, 0.1) is 11.3 Å². The topological polar surface area (TPSA) is 105 Å². The number of aromatic carboxylic acids is 1. The van der Waals surface area contributed by atoms with Crippen molar-refractivity contribution in [2.24, 2.45) is 0 Å². The van der Waals surface area contributed by atoms with Crippen LogP contribution in [0, 0.1) is 0 Å². The summed E-state index contributed by atoms with van der Waals surface area (Å²) in [4.78, 5) is 37.2. The van der Waals surface area contributed by atoms with Crippen LogP contribution in [0.4, 0.5) is 10.5 Å². The van der Waals surface area contributed by atoms with Gasteiger partial charge in [-0.3, -0.25) is 10.1 Å². The third-order valence-electron chi connectivity index (χ3n) is 5.66. The first-order valence-corrected chi connectivity index (χ1v) is 10.7. The molecule has 34 heavy (non-hydrogen) atoms. The van der Waals surface area contributed by atoms with Crippen LogP contribution in [-0.4, -0.2) is 55.3 Å². The number of amides is 2. The summed E-state index contributed by atoms with van der Waals surface area (Å²) in [5.74, 6) is -1.51. The molecule has 0 atom stereocenters. The maximum atomic E-state index is 12.6. The number of carbonyl (C=O) groups excluding carboxylic acids is 2. The van der Waals surface area contributed by atoms with E-state index in [1.165, 1.54) is 23.1 Å². The van der Waals surface area contributed by atoms with Crippen LogP contribution in [0.3, 0.4) is 0 Å². The van der Waals surface area contributed by atoms with Crippen LogP contribution in [0.5, 0.6) is 5.75 Å². The van der Waals surface area contributed by atoms with Crippen molar-refractivity contribution in [3.63, 3.8) is 0 Å². The van der Waals surface area contributed by atoms with Gasteiger partial charge in [0.2, 0.25) is 0 Å². The van der Waals surface area contributed by atoms with E-state index in [1.54, 1.807) is 14.1 Å². The quantitative estimate of drug-likeness (QED) is 0.547. The largest absolute Gasteiger partial charge is 0.482 e. The lowest BCUT2D eigenvalue weighted by Crippen LogP contribution is -2.28. The minimum atomic E-state index is -1.16. The highest BCUT2D eigenvalue weighted by atomic mass is 16.5. The number of likely N-dealkylation sites (N-methyl/N-ethyl adjacent to an activating group) is 1. The van der Waals surface area contributed by atoms with Gasteiger partial charge in [-0.15, -0.1) is 0 Å². The molecule has 0 radical (unpaired) electrons. The van der Waals surface area contributed by atoms with Crippen molar-refractivity contribution < 1.29 is 29.0 Å². The van der Waals surface area contributed by atoms with Crippen molar-refractivity contribution >= 4 is 23.7 Å². The van der Waals surface area contributed by atoms with Gasteiger partial charge in [0.1, 0.15) is 12.4 Å². The highest BCUT2D eigenvalue weighted by molar-refractivity contribution is 5.92. The molecule has 0 unspecified atom stereocenters. The molecule has 0 saturated heterocycles. The molecule has 8 heteroatoms. The Morgan fingerprint density at radius 1 is 0.941 bits per heavy atom. The van der Waals surface area contributed by atoms with Gasteiger partial charge in [-0.25, -0.2) is 9.59 Å². The Kier molecular flexibility index (Phi) is 6.49. The summed E-state index contributed by atoms with van der Waals surface area (Å²) < 4.78 is 11.0. The van der Waals surface area contributed by atoms with Crippen LogP contribution in [0.15, 0.2) is 66.7 Å². The summed E-state index contributed by atoms with van der Waals surface area (Å²) in [6, 6.07) is 20.0. The predicted octanol–water partition coefficient (Wildman–Crippen LogP) is 4.21. The molecule has 2 N–H and O–H groups in total. The summed E-state index contributed by atoms with van der Waals surface area (Å²) in [6.07, 6.45) is -0.714. The Bertz CT molecular complexity index is 1210. The zero-order chi connectivity index (χ0) is 24.2. The number of carbonyl (C=O) groups is 3. The van der Waals surface area contributed by atoms with Gasteiger partial charge < -0.3 is 19.5 Å². The van der Waals surface area contributed by atoms with E-state index in [4.69, 9.17) is 9.47 Å². The monoisotopic (exact) mass is 460 g/mol. The number of rotatable bonds is 7. The summed E-state index contributed by atoms with van der Waals surface area (Å²) in [5, 5.41) is 11.9. The third-order valence-corrected chi connectivity index (χ3v) is 5.66. The van der Waals surface area contributed by atoms with Gasteiger partial charge in [-0.05, 0) is 40.5 Å². The number of carboxylic acids is 1. The zero-order valence-corrected chi connectivity index (χ0v) is 18.8. The number of hydrogen-bond donors (Lipinski definition) is 2. The highest BCUT2D eigenvalue weighted by Gasteiger charge is 2.29. The lowest BCUT2D eigenvalue weighted by Gasteiger charge is -2.17. The Labute approximate surface area is 196 Å². The van der Waals surface area contributed by atoms with Gasteiger partial charge in [0.25, 0.3) is 5.91 Å². The van der Waals surface area contributed by atoms with E-state index < -0.39 is 12.1 Å². The lowest BCUT2D eigenvalue weighted by atomic mass is 9.98. The second-order valence-electron chi connectivity index (χ2n) is 8.04. The van der Waals surface area contributed by atoms with E-state index in [2.05, 4.69) is 17.4 Å². The van der Waals surface area contributed by atoms with E-state index in [0.29, 0.717) is 0 Å². The third kappa shape index (κ3) is 4.71. The highest BCUT2D eigenvalue weighted by Crippen LogP contribution is 2.44. The normalized spacial score (nSPS) is 11.8. The van der Waals surface area contributed by atoms with Crippen molar-refractivity contribution in [3.8, 4) is 16.9 Å². The number of nitrogens with one attached hydrogen (secondary N) is 1. The molecule has 1 aliphatic carbocycles. The predicted molar refractivity (Wildman–Crippen MR) is 126 cm³/mol. The van der Waals surface area contributed by atoms with Gasteiger partial charge in [0.15, 0.2) is 6.61 Å². The molecule has 0 fully saturated rings. The number of carboxylic acid groups (broad SMARTS) is 1. The van der Waals surface area contributed by atoms with Crippen molar-refractivity contribution in [2.75, 3.05) is 32.6 Å². The number of nitrogens with zero attached hydrogens (tertiary/aromatic N) is 1. The summed E-state index contributed by atoms with van der Waals surface area (Å²) in [5.41, 5.74) is 4.59. The molecule has 0 aromatic heterocycles. The van der Waals surface area contributed by atoms with Crippen LogP contribution in [0.25, 0.3) is 11.1 Å². The minimum Gasteiger partial charge on any atom is -0.482 e. The number of benzene rings is 3. The SMILES string of the molecule is CN(C)C(=O)COc1cc(C(=O)O)ccc1NC(=O)OCC1c2ccccc2-c2ccccc21. The Balaban J connectivity index is 1.48. The average Bonchev–Trinajstić information content (AvgIpc) is 3.15. The van der Waals surface area contributed by atoms with Crippen LogP contribution < -0.4 is 10.1 Å². The van der Waals surface area contributed by atoms with Crippen LogP contribution in [0.1, 0.15) is 27.4 Å². The fourth-order valence-corrected chi connectivity index (χ4v) is 3.89. The van der Waals surface area contributed by atoms with Crippen molar-refractivity contribution in [1.29, 1.82) is 0 Å². The standard InChI is InChI=1S/C26H24N2O6/c1-28(2)24(29)15-33-23-13-16(25(30)31)11-12-22(23)27-26(32)34-14-21-19-9-5-3-7-17(19)18-8-4-6-10-20(18)21/h3-13,21H,14-15H2,1-2H3,(H,27,32)(H,30,31). The van der Waals surface area contributed by atoms with Crippen molar-refractivity contribution in [1.82, 2.24) is 4.90 Å². The molecule has 4 rings (SSSR count). The molecule has 174 valence electrons. The van der Waals surface area contributed by atoms with Gasteiger partial charge >= 0.3 is 12.1 Å². The molecule has 1 aliphatic rings. The Hall–Kier alpha value is -4.33.